The molecule has 3 atom stereocenters. The molecule has 0 aromatic rings. The zero-order chi connectivity index (χ0) is 65.3. The van der Waals surface area contributed by atoms with E-state index in [1.54, 1.807) is 0 Å². The Morgan fingerprint density at radius 2 is 1.22 bits per heavy atom. The lowest BCUT2D eigenvalue weighted by Crippen LogP contribution is -2.29. The van der Waals surface area contributed by atoms with E-state index in [1.165, 1.54) is 32.1 Å². The molecule has 0 aliphatic heterocycles. The molecule has 0 aliphatic carbocycles. The summed E-state index contributed by atoms with van der Waals surface area (Å²) in [5.74, 6) is -3.61. The summed E-state index contributed by atoms with van der Waals surface area (Å²) in [5, 5.41) is 18.5. The van der Waals surface area contributed by atoms with E-state index < -0.39 is 154 Å². The molecule has 0 bridgehead atoms. The molecule has 0 rings (SSSR count). The van der Waals surface area contributed by atoms with E-state index in [-0.39, 0.29) is 12.8 Å². The van der Waals surface area contributed by atoms with Gasteiger partial charge in [-0.25, -0.2) is 4.57 Å². The van der Waals surface area contributed by atoms with Gasteiger partial charge >= 0.3 is 19.8 Å². The first-order valence-electron chi connectivity index (χ1n) is 32.3. The smallest absolute Gasteiger partial charge is 0.462 e. The highest BCUT2D eigenvalue weighted by molar-refractivity contribution is 7.47. The SMILES string of the molecule is [2H]C([2H])([2H])C([2H])([2H])C([2H])([2H])C([2H])([2H])C([2H])([2H])C([2H])([2H])C([2H])([2H])C([2H])([2H])C([2H])([2H])C([2H])([2H])C([2H])([2H])C([2H])([2H])C([2H])([2H])C([2H])([2H])C([2H])([2H])C(=O)OC[C@H](COP(=O)(O)OCC(O)CO)OC(=O)CCCCCCC/C=C/CCCCCCCC. The molecule has 0 aromatic heterocycles. The number of esters is 2. The van der Waals surface area contributed by atoms with Gasteiger partial charge in [-0.2, -0.15) is 0 Å². The standard InChI is InChI=1S/C40H77O10P/c1-3-5-7-9-11-13-15-17-18-20-22-24-26-28-30-32-40(44)50-38(36-49-51(45,46)48-34-37(42)33-41)35-47-39(43)31-29-27-25-23-21-19-16-14-12-10-8-6-4-2/h17-18,37-38,41-42H,3-16,19-36H2,1-2H3,(H,45,46)/b18-17+/t37?,38-/m1/s1/i2D3,4D2,6D2,8D2,10D2,12D2,14D2,16D2,19D2,21D2,23D2,25D2,27D2,29D2,31D2. The Labute approximate surface area is 355 Å². The second-order valence-corrected chi connectivity index (χ2v) is 12.1. The van der Waals surface area contributed by atoms with E-state index in [1.807, 2.05) is 0 Å². The number of carbonyl (C=O) groups excluding carboxylic acids is 2. The van der Waals surface area contributed by atoms with Crippen LogP contribution in [-0.4, -0.2) is 65.7 Å². The Hall–Kier alpha value is -1.29. The predicted molar refractivity (Wildman–Crippen MR) is 205 cm³/mol. The van der Waals surface area contributed by atoms with Gasteiger partial charge < -0.3 is 24.6 Å². The van der Waals surface area contributed by atoms with Crippen LogP contribution in [0.3, 0.4) is 0 Å². The van der Waals surface area contributed by atoms with Gasteiger partial charge in [-0.1, -0.05) is 154 Å². The summed E-state index contributed by atoms with van der Waals surface area (Å²) in [4.78, 5) is 36.4. The zero-order valence-electron chi connectivity index (χ0n) is 60.2. The van der Waals surface area contributed by atoms with Crippen LogP contribution >= 0.6 is 7.82 Å². The number of carbonyl (C=O) groups is 2. The molecule has 10 nitrogen and oxygen atoms in total. The first kappa shape index (κ1) is 18.6. The van der Waals surface area contributed by atoms with Gasteiger partial charge in [-0.15, -0.1) is 0 Å². The topological polar surface area (TPSA) is 149 Å². The van der Waals surface area contributed by atoms with Crippen molar-refractivity contribution in [3.05, 3.63) is 12.2 Å². The summed E-state index contributed by atoms with van der Waals surface area (Å²) in [6, 6.07) is 0. The molecular formula is C40H77O10P. The van der Waals surface area contributed by atoms with E-state index in [0.717, 1.165) is 32.1 Å². The van der Waals surface area contributed by atoms with Crippen LogP contribution in [0.4, 0.5) is 0 Å². The van der Waals surface area contributed by atoms with Crippen molar-refractivity contribution in [3.63, 3.8) is 0 Å². The summed E-state index contributed by atoms with van der Waals surface area (Å²) in [6.07, 6.45) is -58.0. The van der Waals surface area contributed by atoms with E-state index in [9.17, 15) is 24.2 Å². The fourth-order valence-electron chi connectivity index (χ4n) is 3.78. The van der Waals surface area contributed by atoms with Crippen LogP contribution < -0.4 is 0 Å². The number of phosphoric acid groups is 1. The molecule has 51 heavy (non-hydrogen) atoms. The van der Waals surface area contributed by atoms with Gasteiger partial charge in [0.2, 0.25) is 0 Å². The first-order chi connectivity index (χ1) is 36.4. The quantitative estimate of drug-likeness (QED) is 0.0238. The number of phosphoric ester groups is 1. The molecule has 0 fully saturated rings. The number of unbranched alkanes of at least 4 members (excludes halogenated alkanes) is 11. The summed E-state index contributed by atoms with van der Waals surface area (Å²) >= 11 is 0. The predicted octanol–water partition coefficient (Wildman–Crippen LogP) is 10.4. The summed E-state index contributed by atoms with van der Waals surface area (Å²) in [6.45, 7) is -6.67. The third-order valence-corrected chi connectivity index (χ3v) is 7.27. The lowest BCUT2D eigenvalue weighted by Gasteiger charge is -2.20. The number of hydrogen-bond donors (Lipinski definition) is 3. The van der Waals surface area contributed by atoms with Crippen LogP contribution in [0.1, 0.15) is 235 Å². The third-order valence-electron chi connectivity index (χ3n) is 6.32. The second-order valence-electron chi connectivity index (χ2n) is 10.7. The van der Waals surface area contributed by atoms with Crippen molar-refractivity contribution in [2.75, 3.05) is 26.4 Å². The number of aliphatic hydroxyl groups is 2. The van der Waals surface area contributed by atoms with E-state index in [2.05, 4.69) is 23.6 Å². The molecule has 302 valence electrons. The number of allylic oxidation sites excluding steroid dienone is 2. The van der Waals surface area contributed by atoms with E-state index in [4.69, 9.17) is 61.6 Å². The van der Waals surface area contributed by atoms with Gasteiger partial charge in [-0.05, 0) is 38.5 Å². The Kier molecular flexibility index (Phi) is 13.5. The van der Waals surface area contributed by atoms with Gasteiger partial charge in [0.15, 0.2) is 6.10 Å². The minimum atomic E-state index is -5.26. The van der Waals surface area contributed by atoms with Crippen LogP contribution in [0, 0.1) is 0 Å². The average molecular weight is 780 g/mol. The van der Waals surface area contributed by atoms with Crippen molar-refractivity contribution in [1.82, 2.24) is 0 Å². The lowest BCUT2D eigenvalue weighted by molar-refractivity contribution is -0.161. The number of hydrogen-bond acceptors (Lipinski definition) is 9. The van der Waals surface area contributed by atoms with Gasteiger partial charge in [-0.3, -0.25) is 18.6 Å². The Morgan fingerprint density at radius 1 is 0.706 bits per heavy atom. The fraction of sp³-hybridized carbons (Fsp3) is 0.900. The highest BCUT2D eigenvalue weighted by Gasteiger charge is 2.27. The van der Waals surface area contributed by atoms with Crippen molar-refractivity contribution in [1.29, 1.82) is 0 Å². The Morgan fingerprint density at radius 3 is 1.78 bits per heavy atom. The van der Waals surface area contributed by atoms with Gasteiger partial charge in [0, 0.05) is 55.3 Å². The summed E-state index contributed by atoms with van der Waals surface area (Å²) in [5.41, 5.74) is 0. The van der Waals surface area contributed by atoms with Crippen LogP contribution in [-0.2, 0) is 32.7 Å². The van der Waals surface area contributed by atoms with Gasteiger partial charge in [0.05, 0.1) is 19.8 Å². The Balaban J connectivity index is 6.82. The molecule has 0 saturated heterocycles. The minimum Gasteiger partial charge on any atom is -0.462 e. The molecule has 2 unspecified atom stereocenters. The van der Waals surface area contributed by atoms with E-state index in [0.29, 0.717) is 12.8 Å². The number of aliphatic hydroxyl groups excluding tert-OH is 2. The van der Waals surface area contributed by atoms with E-state index >= 15 is 0 Å². The lowest BCUT2D eigenvalue weighted by atomic mass is 10.0. The molecule has 0 heterocycles. The zero-order valence-corrected chi connectivity index (χ0v) is 30.1. The highest BCUT2D eigenvalue weighted by Crippen LogP contribution is 2.43. The largest absolute Gasteiger partial charge is 0.472 e. The molecule has 0 spiro atoms. The number of ether oxygens (including phenoxy) is 2. The molecule has 0 aliphatic rings. The maximum absolute atomic E-state index is 13.4. The van der Waals surface area contributed by atoms with Gasteiger partial charge in [0.25, 0.3) is 0 Å². The average Bonchev–Trinajstić information content (AvgIpc) is 3.33. The van der Waals surface area contributed by atoms with Crippen molar-refractivity contribution in [3.8, 4) is 0 Å². The monoisotopic (exact) mass is 780 g/mol. The molecule has 0 radical (unpaired) electrons. The Bertz CT molecular complexity index is 2120. The molecular weight excluding hydrogens is 671 g/mol. The number of rotatable bonds is 39. The second kappa shape index (κ2) is 37.0. The highest BCUT2D eigenvalue weighted by atomic mass is 31.2. The van der Waals surface area contributed by atoms with Gasteiger partial charge in [0.1, 0.15) is 12.7 Å². The van der Waals surface area contributed by atoms with Crippen molar-refractivity contribution in [2.24, 2.45) is 0 Å². The summed E-state index contributed by atoms with van der Waals surface area (Å²) in [7, 11) is -5.22. The van der Waals surface area contributed by atoms with Crippen molar-refractivity contribution < 1.29 is 90.3 Å². The van der Waals surface area contributed by atoms with Crippen LogP contribution in [0.25, 0.3) is 0 Å². The molecule has 0 aromatic carbocycles. The third kappa shape index (κ3) is 36.8. The first-order valence-corrected chi connectivity index (χ1v) is 18.3. The molecule has 3 N–H and O–H groups in total. The van der Waals surface area contributed by atoms with Crippen LogP contribution in [0.15, 0.2) is 12.2 Å². The summed E-state index contributed by atoms with van der Waals surface area (Å²) < 4.78 is 285. The maximum atomic E-state index is 13.4. The molecule has 0 saturated carbocycles. The fourth-order valence-corrected chi connectivity index (χ4v) is 4.57. The van der Waals surface area contributed by atoms with Crippen LogP contribution in [0.2, 0.25) is 0 Å². The van der Waals surface area contributed by atoms with Crippen LogP contribution in [0.5, 0.6) is 0 Å². The maximum Gasteiger partial charge on any atom is 0.472 e. The van der Waals surface area contributed by atoms with Crippen molar-refractivity contribution in [2.45, 2.75) is 205 Å². The molecule has 11 heteroatoms. The normalized spacial score (nSPS) is 27.3. The minimum absolute atomic E-state index is 0.216. The molecule has 0 amide bonds. The van der Waals surface area contributed by atoms with Crippen molar-refractivity contribution >= 4 is 19.8 Å².